The average Bonchev–Trinajstić information content (AvgIpc) is 3.76. The average molecular weight is 565 g/mol. The molecule has 1 aliphatic heterocycles. The third kappa shape index (κ3) is 5.62. The summed E-state index contributed by atoms with van der Waals surface area (Å²) in [5.41, 5.74) is 4.51. The van der Waals surface area contributed by atoms with Crippen LogP contribution in [0.15, 0.2) is 67.3 Å². The first kappa shape index (κ1) is 27.2. The van der Waals surface area contributed by atoms with E-state index in [-0.39, 0.29) is 11.6 Å². The van der Waals surface area contributed by atoms with Crippen LogP contribution in [0.2, 0.25) is 0 Å². The maximum atomic E-state index is 11.7. The number of nitrogens with zero attached hydrogens (tertiary/aromatic N) is 8. The molecule has 1 saturated heterocycles. The van der Waals surface area contributed by atoms with Crippen molar-refractivity contribution in [2.75, 3.05) is 13.1 Å². The SMILES string of the molecule is CCn1cncc1Cn1c(CN2CCC(n3nccc3OCc3ccc(C#N)cc3)CC2)nc2ccc(C(=O)O)cc21. The maximum absolute atomic E-state index is 11.7. The normalized spacial score (nSPS) is 14.3. The molecule has 11 nitrogen and oxygen atoms in total. The number of aromatic nitrogens is 6. The van der Waals surface area contributed by atoms with Gasteiger partial charge in [-0.15, -0.1) is 0 Å². The molecule has 0 radical (unpaired) electrons. The van der Waals surface area contributed by atoms with Crippen LogP contribution in [-0.2, 0) is 26.2 Å². The smallest absolute Gasteiger partial charge is 0.335 e. The van der Waals surface area contributed by atoms with Crippen molar-refractivity contribution >= 4 is 17.0 Å². The summed E-state index contributed by atoms with van der Waals surface area (Å²) < 4.78 is 12.3. The molecular formula is C31H32N8O3. The number of likely N-dealkylation sites (tertiary alicyclic amines) is 1. The first-order chi connectivity index (χ1) is 20.5. The molecule has 6 rings (SSSR count). The number of ether oxygens (including phenoxy) is 1. The van der Waals surface area contributed by atoms with Crippen LogP contribution >= 0.6 is 0 Å². The third-order valence-electron chi connectivity index (χ3n) is 7.91. The zero-order chi connectivity index (χ0) is 29.1. The largest absolute Gasteiger partial charge is 0.478 e. The molecule has 1 aliphatic rings. The van der Waals surface area contributed by atoms with Crippen LogP contribution < -0.4 is 4.74 Å². The number of carboxylic acid groups (broad SMARTS) is 1. The lowest BCUT2D eigenvalue weighted by Gasteiger charge is -2.32. The summed E-state index contributed by atoms with van der Waals surface area (Å²) >= 11 is 0. The lowest BCUT2D eigenvalue weighted by molar-refractivity contribution is 0.0697. The second-order valence-corrected chi connectivity index (χ2v) is 10.5. The second-order valence-electron chi connectivity index (χ2n) is 10.5. The van der Waals surface area contributed by atoms with Crippen molar-refractivity contribution in [2.24, 2.45) is 0 Å². The molecule has 3 aromatic heterocycles. The number of aromatic carboxylic acids is 1. The van der Waals surface area contributed by atoms with Gasteiger partial charge >= 0.3 is 5.97 Å². The Kier molecular flexibility index (Phi) is 7.70. The molecule has 11 heteroatoms. The van der Waals surface area contributed by atoms with Crippen LogP contribution in [0.5, 0.6) is 5.88 Å². The van der Waals surface area contributed by atoms with Gasteiger partial charge in [0.2, 0.25) is 5.88 Å². The van der Waals surface area contributed by atoms with Gasteiger partial charge in [-0.3, -0.25) is 4.90 Å². The van der Waals surface area contributed by atoms with E-state index in [0.717, 1.165) is 66.5 Å². The van der Waals surface area contributed by atoms with Crippen molar-refractivity contribution < 1.29 is 14.6 Å². The minimum absolute atomic E-state index is 0.225. The fourth-order valence-corrected chi connectivity index (χ4v) is 5.57. The topological polar surface area (TPSA) is 127 Å². The summed E-state index contributed by atoms with van der Waals surface area (Å²) in [5.74, 6) is 0.687. The third-order valence-corrected chi connectivity index (χ3v) is 7.91. The van der Waals surface area contributed by atoms with Gasteiger partial charge in [-0.25, -0.2) is 19.4 Å². The summed E-state index contributed by atoms with van der Waals surface area (Å²) in [6.45, 7) is 6.25. The summed E-state index contributed by atoms with van der Waals surface area (Å²) in [5, 5.41) is 23.2. The zero-order valence-electron chi connectivity index (χ0n) is 23.4. The zero-order valence-corrected chi connectivity index (χ0v) is 23.4. The fraction of sp³-hybridized carbons (Fsp3) is 0.323. The second kappa shape index (κ2) is 11.9. The number of benzene rings is 2. The van der Waals surface area contributed by atoms with E-state index in [1.807, 2.05) is 35.4 Å². The van der Waals surface area contributed by atoms with Crippen LogP contribution in [0, 0.1) is 11.3 Å². The van der Waals surface area contributed by atoms with Crippen LogP contribution in [-0.4, -0.2) is 57.9 Å². The Labute approximate surface area is 243 Å². The van der Waals surface area contributed by atoms with Crippen LogP contribution in [0.25, 0.3) is 11.0 Å². The van der Waals surface area contributed by atoms with Crippen LogP contribution in [0.4, 0.5) is 0 Å². The Balaban J connectivity index is 1.15. The van der Waals surface area contributed by atoms with E-state index < -0.39 is 5.97 Å². The van der Waals surface area contributed by atoms with E-state index >= 15 is 0 Å². The highest BCUT2D eigenvalue weighted by Crippen LogP contribution is 2.29. The highest BCUT2D eigenvalue weighted by Gasteiger charge is 2.25. The minimum atomic E-state index is -0.953. The molecule has 1 N–H and O–H groups in total. The van der Waals surface area contributed by atoms with E-state index in [1.165, 1.54) is 0 Å². The van der Waals surface area contributed by atoms with Gasteiger partial charge in [0.25, 0.3) is 0 Å². The number of piperidine rings is 1. The summed E-state index contributed by atoms with van der Waals surface area (Å²) in [6.07, 6.45) is 7.28. The number of hydrogen-bond donors (Lipinski definition) is 1. The molecule has 0 aliphatic carbocycles. The molecule has 0 bridgehead atoms. The van der Waals surface area contributed by atoms with Gasteiger partial charge < -0.3 is 19.0 Å². The lowest BCUT2D eigenvalue weighted by Crippen LogP contribution is -2.35. The van der Waals surface area contributed by atoms with Crippen molar-refractivity contribution in [1.29, 1.82) is 5.26 Å². The van der Waals surface area contributed by atoms with Gasteiger partial charge in [0.15, 0.2) is 0 Å². The molecule has 0 amide bonds. The Morgan fingerprint density at radius 1 is 1.12 bits per heavy atom. The van der Waals surface area contributed by atoms with Gasteiger partial charge in [-0.1, -0.05) is 12.1 Å². The van der Waals surface area contributed by atoms with Crippen molar-refractivity contribution in [3.8, 4) is 11.9 Å². The maximum Gasteiger partial charge on any atom is 0.335 e. The van der Waals surface area contributed by atoms with E-state index in [9.17, 15) is 9.90 Å². The molecule has 42 heavy (non-hydrogen) atoms. The van der Waals surface area contributed by atoms with Crippen molar-refractivity contribution in [3.63, 3.8) is 0 Å². The monoisotopic (exact) mass is 564 g/mol. The summed E-state index contributed by atoms with van der Waals surface area (Å²) in [7, 11) is 0. The lowest BCUT2D eigenvalue weighted by atomic mass is 10.1. The number of hydrogen-bond acceptors (Lipinski definition) is 7. The summed E-state index contributed by atoms with van der Waals surface area (Å²) in [4.78, 5) is 23.4. The van der Waals surface area contributed by atoms with Crippen LogP contribution in [0.1, 0.15) is 58.8 Å². The predicted molar refractivity (Wildman–Crippen MR) is 155 cm³/mol. The van der Waals surface area contributed by atoms with Gasteiger partial charge in [0.05, 0.1) is 65.6 Å². The number of imidazole rings is 2. The van der Waals surface area contributed by atoms with E-state index in [1.54, 1.807) is 36.5 Å². The van der Waals surface area contributed by atoms with Crippen LogP contribution in [0.3, 0.4) is 0 Å². The molecular weight excluding hydrogens is 532 g/mol. The molecule has 0 unspecified atom stereocenters. The number of fused-ring (bicyclic) bond motifs is 1. The molecule has 4 heterocycles. The Morgan fingerprint density at radius 3 is 2.67 bits per heavy atom. The molecule has 5 aromatic rings. The molecule has 0 spiro atoms. The van der Waals surface area contributed by atoms with Gasteiger partial charge in [-0.05, 0) is 55.7 Å². The summed E-state index contributed by atoms with van der Waals surface area (Å²) in [6, 6.07) is 16.8. The number of carbonyl (C=O) groups is 1. The molecule has 214 valence electrons. The first-order valence-electron chi connectivity index (χ1n) is 14.1. The number of nitriles is 1. The van der Waals surface area contributed by atoms with E-state index in [0.29, 0.717) is 25.3 Å². The fourth-order valence-electron chi connectivity index (χ4n) is 5.57. The predicted octanol–water partition coefficient (Wildman–Crippen LogP) is 4.48. The minimum Gasteiger partial charge on any atom is -0.478 e. The van der Waals surface area contributed by atoms with Crippen molar-refractivity contribution in [3.05, 3.63) is 95.5 Å². The van der Waals surface area contributed by atoms with E-state index in [4.69, 9.17) is 15.0 Å². The quantitative estimate of drug-likeness (QED) is 0.263. The molecule has 2 aromatic carbocycles. The Bertz CT molecular complexity index is 1740. The van der Waals surface area contributed by atoms with Gasteiger partial charge in [-0.2, -0.15) is 10.4 Å². The molecule has 0 atom stereocenters. The standard InChI is InChI=1S/C31H32N8O3/c1-2-37-21-33-17-26(37)18-38-28-15-24(31(40)41)7-8-27(28)35-29(38)19-36-13-10-25(11-14-36)39-30(9-12-34-39)42-20-23-5-3-22(16-32)4-6-23/h3-9,12,15,17,21,25H,2,10-11,13-14,18-20H2,1H3,(H,40,41). The Morgan fingerprint density at radius 2 is 1.93 bits per heavy atom. The number of aryl methyl sites for hydroxylation is 1. The Hall–Kier alpha value is -4.95. The van der Waals surface area contributed by atoms with Crippen molar-refractivity contribution in [2.45, 2.75) is 52.0 Å². The van der Waals surface area contributed by atoms with Crippen molar-refractivity contribution in [1.82, 2.24) is 33.8 Å². The van der Waals surface area contributed by atoms with Gasteiger partial charge in [0.1, 0.15) is 12.4 Å². The van der Waals surface area contributed by atoms with E-state index in [2.05, 4.69) is 37.1 Å². The molecule has 0 saturated carbocycles. The number of carboxylic acids is 1. The van der Waals surface area contributed by atoms with Gasteiger partial charge in [0, 0.05) is 31.9 Å². The number of rotatable bonds is 10. The highest BCUT2D eigenvalue weighted by atomic mass is 16.5. The molecule has 1 fully saturated rings. The highest BCUT2D eigenvalue weighted by molar-refractivity contribution is 5.92. The first-order valence-corrected chi connectivity index (χ1v) is 14.1.